The molecule has 0 spiro atoms. The second kappa shape index (κ2) is 6.63. The van der Waals surface area contributed by atoms with E-state index in [4.69, 9.17) is 0 Å². The number of nitrogens with zero attached hydrogens (tertiary/aromatic N) is 2. The molecule has 0 radical (unpaired) electrons. The third-order valence-corrected chi connectivity index (χ3v) is 5.62. The van der Waals surface area contributed by atoms with Gasteiger partial charge >= 0.3 is 0 Å². The Balaban J connectivity index is 2.15. The lowest BCUT2D eigenvalue weighted by molar-refractivity contribution is -0.633. The Bertz CT molecular complexity index is 1160. The van der Waals surface area contributed by atoms with E-state index in [9.17, 15) is 0 Å². The van der Waals surface area contributed by atoms with Crippen LogP contribution in [-0.2, 0) is 12.5 Å². The van der Waals surface area contributed by atoms with Crippen molar-refractivity contribution in [2.45, 2.75) is 40.0 Å². The van der Waals surface area contributed by atoms with Gasteiger partial charge in [-0.3, -0.25) is 0 Å². The van der Waals surface area contributed by atoms with Gasteiger partial charge in [-0.2, -0.15) is 4.57 Å². The van der Waals surface area contributed by atoms with Crippen LogP contribution < -0.4 is 4.57 Å². The van der Waals surface area contributed by atoms with E-state index in [1.807, 2.05) is 0 Å². The average Bonchev–Trinajstić information content (AvgIpc) is 2.96. The molecule has 28 heavy (non-hydrogen) atoms. The van der Waals surface area contributed by atoms with Crippen molar-refractivity contribution in [3.8, 4) is 17.1 Å². The Morgan fingerprint density at radius 3 is 2.21 bits per heavy atom. The van der Waals surface area contributed by atoms with Gasteiger partial charge in [-0.05, 0) is 60.7 Å². The van der Waals surface area contributed by atoms with Gasteiger partial charge in [0.15, 0.2) is 11.0 Å². The Morgan fingerprint density at radius 1 is 0.821 bits per heavy atom. The van der Waals surface area contributed by atoms with Crippen LogP contribution in [-0.4, -0.2) is 4.57 Å². The number of rotatable bonds is 2. The highest BCUT2D eigenvalue weighted by Crippen LogP contribution is 2.32. The van der Waals surface area contributed by atoms with Crippen LogP contribution in [0, 0.1) is 13.8 Å². The number of fused-ring (bicyclic) bond motifs is 1. The van der Waals surface area contributed by atoms with Crippen LogP contribution in [0.1, 0.15) is 37.5 Å². The molecule has 0 aliphatic rings. The fraction of sp³-hybridized carbons (Fsp3) is 0.269. The quantitative estimate of drug-likeness (QED) is 0.381. The second-order valence-electron chi connectivity index (χ2n) is 8.83. The summed E-state index contributed by atoms with van der Waals surface area (Å²) in [6.45, 7) is 11.2. The molecule has 0 saturated heterocycles. The lowest BCUT2D eigenvalue weighted by Crippen LogP contribution is -2.30. The fourth-order valence-electron chi connectivity index (χ4n) is 3.95. The number of hydrogen-bond acceptors (Lipinski definition) is 0. The molecule has 0 atom stereocenters. The highest BCUT2D eigenvalue weighted by Gasteiger charge is 2.28. The van der Waals surface area contributed by atoms with Crippen LogP contribution in [0.5, 0.6) is 0 Å². The molecule has 2 heteroatoms. The minimum absolute atomic E-state index is 0.109. The summed E-state index contributed by atoms with van der Waals surface area (Å²) in [5, 5.41) is 0. The first-order valence-electron chi connectivity index (χ1n) is 9.95. The number of imidazole rings is 1. The van der Waals surface area contributed by atoms with E-state index in [0.717, 1.165) is 0 Å². The van der Waals surface area contributed by atoms with Gasteiger partial charge in [-0.15, -0.1) is 0 Å². The molecule has 0 unspecified atom stereocenters. The number of para-hydroxylation sites is 1. The zero-order valence-corrected chi connectivity index (χ0v) is 17.7. The number of aromatic nitrogens is 2. The molecular weight excluding hydrogens is 340 g/mol. The SMILES string of the molecule is Cc1ccc(C)c(-c2n(-c3ccccc3)c3cc(C(C)(C)C)ccc3[n+]2C)c1. The molecule has 1 heterocycles. The van der Waals surface area contributed by atoms with Crippen molar-refractivity contribution < 1.29 is 4.57 Å². The Kier molecular flexibility index (Phi) is 4.38. The first-order valence-corrected chi connectivity index (χ1v) is 9.95. The predicted octanol–water partition coefficient (Wildman–Crippen LogP) is 6.04. The summed E-state index contributed by atoms with van der Waals surface area (Å²) in [6, 6.07) is 24.3. The number of aryl methyl sites for hydroxylation is 3. The first-order chi connectivity index (χ1) is 13.3. The minimum Gasteiger partial charge on any atom is -0.225 e. The maximum Gasteiger partial charge on any atom is 0.295 e. The van der Waals surface area contributed by atoms with E-state index in [0.29, 0.717) is 0 Å². The van der Waals surface area contributed by atoms with Crippen molar-refractivity contribution in [2.75, 3.05) is 0 Å². The molecular formula is C26H29N2+. The summed E-state index contributed by atoms with van der Waals surface area (Å²) >= 11 is 0. The molecule has 4 rings (SSSR count). The largest absolute Gasteiger partial charge is 0.295 e. The predicted molar refractivity (Wildman–Crippen MR) is 118 cm³/mol. The molecule has 3 aromatic carbocycles. The zero-order chi connectivity index (χ0) is 20.1. The summed E-state index contributed by atoms with van der Waals surface area (Å²) < 4.78 is 4.74. The molecule has 0 bridgehead atoms. The summed E-state index contributed by atoms with van der Waals surface area (Å²) in [4.78, 5) is 0. The van der Waals surface area contributed by atoms with Gasteiger partial charge in [0.25, 0.3) is 5.82 Å². The lowest BCUT2D eigenvalue weighted by atomic mass is 9.87. The molecule has 0 amide bonds. The molecule has 2 nitrogen and oxygen atoms in total. The summed E-state index contributed by atoms with van der Waals surface area (Å²) in [7, 11) is 2.18. The van der Waals surface area contributed by atoms with E-state index in [1.54, 1.807) is 0 Å². The molecule has 4 aromatic rings. The molecule has 0 saturated carbocycles. The Morgan fingerprint density at radius 2 is 1.54 bits per heavy atom. The van der Waals surface area contributed by atoms with Crippen LogP contribution >= 0.6 is 0 Å². The second-order valence-corrected chi connectivity index (χ2v) is 8.83. The van der Waals surface area contributed by atoms with Gasteiger partial charge < -0.3 is 0 Å². The van der Waals surface area contributed by atoms with Crippen LogP contribution in [0.25, 0.3) is 28.1 Å². The third kappa shape index (κ3) is 3.03. The number of hydrogen-bond donors (Lipinski definition) is 0. The van der Waals surface area contributed by atoms with Gasteiger partial charge in [0.05, 0.1) is 12.6 Å². The molecule has 1 aromatic heterocycles. The van der Waals surface area contributed by atoms with Crippen molar-refractivity contribution in [1.29, 1.82) is 0 Å². The average molecular weight is 370 g/mol. The molecule has 142 valence electrons. The van der Waals surface area contributed by atoms with Crippen molar-refractivity contribution >= 4 is 11.0 Å². The van der Waals surface area contributed by atoms with E-state index in [2.05, 4.69) is 118 Å². The normalized spacial score (nSPS) is 11.9. The summed E-state index contributed by atoms with van der Waals surface area (Å²) in [5.74, 6) is 1.22. The van der Waals surface area contributed by atoms with Crippen LogP contribution in [0.15, 0.2) is 66.7 Å². The fourth-order valence-corrected chi connectivity index (χ4v) is 3.95. The topological polar surface area (TPSA) is 8.81 Å². The lowest BCUT2D eigenvalue weighted by Gasteiger charge is -2.18. The Hall–Kier alpha value is -2.87. The van der Waals surface area contributed by atoms with Crippen LogP contribution in [0.3, 0.4) is 0 Å². The highest BCUT2D eigenvalue weighted by molar-refractivity contribution is 5.80. The zero-order valence-electron chi connectivity index (χ0n) is 17.7. The monoisotopic (exact) mass is 369 g/mol. The minimum atomic E-state index is 0.109. The van der Waals surface area contributed by atoms with Crippen molar-refractivity contribution in [3.63, 3.8) is 0 Å². The van der Waals surface area contributed by atoms with E-state index >= 15 is 0 Å². The van der Waals surface area contributed by atoms with Crippen LogP contribution in [0.4, 0.5) is 0 Å². The highest BCUT2D eigenvalue weighted by atomic mass is 15.2. The summed E-state index contributed by atoms with van der Waals surface area (Å²) in [5.41, 5.74) is 8.98. The van der Waals surface area contributed by atoms with Crippen molar-refractivity contribution in [3.05, 3.63) is 83.4 Å². The first kappa shape index (κ1) is 18.5. The maximum atomic E-state index is 2.41. The van der Waals surface area contributed by atoms with E-state index in [-0.39, 0.29) is 5.41 Å². The van der Waals surface area contributed by atoms with E-state index in [1.165, 1.54) is 44.8 Å². The van der Waals surface area contributed by atoms with E-state index < -0.39 is 0 Å². The molecule has 0 fully saturated rings. The van der Waals surface area contributed by atoms with Gasteiger partial charge in [0.1, 0.15) is 5.69 Å². The standard InChI is InChI=1S/C26H29N2/c1-18-12-13-19(2)22(16-18)25-27(6)23-15-14-20(26(3,4)5)17-24(23)28(25)21-10-8-7-9-11-21/h7-17H,1-6H3/q+1. The van der Waals surface area contributed by atoms with Gasteiger partial charge in [-0.25, -0.2) is 4.57 Å². The smallest absolute Gasteiger partial charge is 0.225 e. The number of benzene rings is 3. The maximum absolute atomic E-state index is 2.41. The van der Waals surface area contributed by atoms with Crippen molar-refractivity contribution in [2.24, 2.45) is 7.05 Å². The van der Waals surface area contributed by atoms with Gasteiger partial charge in [0, 0.05) is 0 Å². The van der Waals surface area contributed by atoms with Gasteiger partial charge in [0.2, 0.25) is 0 Å². The Labute approximate surface area is 168 Å². The van der Waals surface area contributed by atoms with Gasteiger partial charge in [-0.1, -0.05) is 62.7 Å². The summed E-state index contributed by atoms with van der Waals surface area (Å²) in [6.07, 6.45) is 0. The van der Waals surface area contributed by atoms with Crippen molar-refractivity contribution in [1.82, 2.24) is 4.57 Å². The molecule has 0 aliphatic carbocycles. The third-order valence-electron chi connectivity index (χ3n) is 5.62. The molecule has 0 N–H and O–H groups in total. The molecule has 0 aliphatic heterocycles. The van der Waals surface area contributed by atoms with Crippen LogP contribution in [0.2, 0.25) is 0 Å².